The molecule has 5 aliphatic heterocycles. The predicted octanol–water partition coefficient (Wildman–Crippen LogP) is 6.15. The van der Waals surface area contributed by atoms with E-state index in [1.165, 1.54) is 11.1 Å². The van der Waals surface area contributed by atoms with E-state index >= 15 is 0 Å². The van der Waals surface area contributed by atoms with Crippen LogP contribution in [0.15, 0.2) is 54.7 Å². The Hall–Kier alpha value is -4.46. The number of hydrogen-bond acceptors (Lipinski definition) is 4. The Morgan fingerprint density at radius 1 is 0.953 bits per heavy atom. The number of aliphatic carboxylic acids is 1. The normalized spacial score (nSPS) is 17.7. The van der Waals surface area contributed by atoms with Gasteiger partial charge in [-0.05, 0) is 84.2 Å². The summed E-state index contributed by atoms with van der Waals surface area (Å²) in [5.41, 5.74) is 10.0. The van der Waals surface area contributed by atoms with E-state index in [9.17, 15) is 14.7 Å². The van der Waals surface area contributed by atoms with Gasteiger partial charge in [-0.2, -0.15) is 0 Å². The average molecular weight is 576 g/mol. The van der Waals surface area contributed by atoms with Crippen LogP contribution < -0.4 is 0 Å². The van der Waals surface area contributed by atoms with Crippen molar-refractivity contribution in [2.75, 3.05) is 6.54 Å². The molecule has 0 aliphatic carbocycles. The number of aryl methyl sites for hydroxylation is 4. The number of amides is 1. The zero-order chi connectivity index (χ0) is 29.7. The summed E-state index contributed by atoms with van der Waals surface area (Å²) in [6.45, 7) is 3.98. The lowest BCUT2D eigenvalue weighted by Gasteiger charge is -2.30. The van der Waals surface area contributed by atoms with Crippen molar-refractivity contribution >= 4 is 33.8 Å². The molecule has 7 heterocycles. The van der Waals surface area contributed by atoms with E-state index in [0.717, 1.165) is 94.8 Å². The molecule has 10 rings (SSSR count). The number of rotatable bonds is 2. The lowest BCUT2D eigenvalue weighted by atomic mass is 9.83. The van der Waals surface area contributed by atoms with E-state index in [0.29, 0.717) is 13.1 Å². The molecule has 3 aromatic carbocycles. The topological polar surface area (TPSA) is 93.3 Å². The Morgan fingerprint density at radius 3 is 2.65 bits per heavy atom. The molecule has 0 unspecified atom stereocenters. The summed E-state index contributed by atoms with van der Waals surface area (Å²) in [5, 5.41) is 20.1. The molecule has 1 amide bonds. The fourth-order valence-electron chi connectivity index (χ4n) is 7.24. The van der Waals surface area contributed by atoms with E-state index in [1.54, 1.807) is 0 Å². The highest BCUT2D eigenvalue weighted by Gasteiger charge is 2.27. The second-order valence-corrected chi connectivity index (χ2v) is 12.2. The first-order chi connectivity index (χ1) is 20.9. The molecule has 0 radical (unpaired) electrons. The lowest BCUT2D eigenvalue weighted by molar-refractivity contribution is -0.137. The molecule has 0 spiro atoms. The minimum absolute atomic E-state index is 0.0280. The van der Waals surface area contributed by atoms with Gasteiger partial charge in [0.1, 0.15) is 5.52 Å². The van der Waals surface area contributed by atoms with Crippen molar-refractivity contribution in [3.05, 3.63) is 93.7 Å². The summed E-state index contributed by atoms with van der Waals surface area (Å²) < 4.78 is 4.06. The number of carbonyl (C=O) groups excluding carboxylic acids is 1. The molecule has 43 heavy (non-hydrogen) atoms. The second kappa shape index (κ2) is 11.0. The number of carboxylic acids is 1. The molecule has 2 aromatic heterocycles. The number of benzene rings is 3. The van der Waals surface area contributed by atoms with Crippen LogP contribution in [0.5, 0.6) is 0 Å². The summed E-state index contributed by atoms with van der Waals surface area (Å²) in [5.74, 6) is -1.14. The van der Waals surface area contributed by atoms with E-state index in [2.05, 4.69) is 57.5 Å². The molecular weight excluding hydrogens is 538 g/mol. The van der Waals surface area contributed by atoms with Crippen molar-refractivity contribution in [2.45, 2.75) is 70.9 Å². The summed E-state index contributed by atoms with van der Waals surface area (Å²) >= 11 is 0. The quantitative estimate of drug-likeness (QED) is 0.272. The van der Waals surface area contributed by atoms with Gasteiger partial charge in [0.15, 0.2) is 0 Å². The van der Waals surface area contributed by atoms with Crippen LogP contribution in [-0.2, 0) is 37.8 Å². The average Bonchev–Trinajstić information content (AvgIpc) is 3.61. The number of aromatic nitrogens is 4. The van der Waals surface area contributed by atoms with Gasteiger partial charge in [0.2, 0.25) is 0 Å². The molecule has 8 heteroatoms. The van der Waals surface area contributed by atoms with Crippen LogP contribution in [0.25, 0.3) is 21.9 Å². The van der Waals surface area contributed by atoms with Gasteiger partial charge >= 0.3 is 5.97 Å². The molecule has 0 fully saturated rings. The van der Waals surface area contributed by atoms with Crippen LogP contribution in [-0.4, -0.2) is 48.0 Å². The van der Waals surface area contributed by atoms with Gasteiger partial charge in [-0.3, -0.25) is 9.59 Å². The standard InChI is InChI=1S/C35H37N5O3/c1-22-27-12-13-31-33(22)36-37-40(31)16-6-4-3-5-7-24-10-11-29(34-28(24)15-17-38(34)2)35(43)39-18-14-23-8-9-25(19-26(23)21-39)30(27)20-32(41)42/h8-13,15,17,19,30H,3-7,14,16,18,20-21H2,1-2H3,(H,41,42)/t30-/m0/s1. The van der Waals surface area contributed by atoms with Gasteiger partial charge in [-0.25, -0.2) is 4.68 Å². The van der Waals surface area contributed by atoms with Crippen LogP contribution in [0, 0.1) is 6.92 Å². The van der Waals surface area contributed by atoms with Crippen molar-refractivity contribution in [1.82, 2.24) is 24.5 Å². The molecule has 5 aliphatic rings. The first kappa shape index (κ1) is 27.4. The van der Waals surface area contributed by atoms with Gasteiger partial charge in [0, 0.05) is 44.2 Å². The third-order valence-electron chi connectivity index (χ3n) is 9.59. The minimum atomic E-state index is -0.848. The zero-order valence-corrected chi connectivity index (χ0v) is 24.8. The first-order valence-electron chi connectivity index (χ1n) is 15.4. The number of carboxylic acid groups (broad SMARTS) is 1. The highest BCUT2D eigenvalue weighted by atomic mass is 16.4. The number of carbonyl (C=O) groups is 2. The van der Waals surface area contributed by atoms with Gasteiger partial charge in [0.05, 0.1) is 23.0 Å². The molecule has 220 valence electrons. The Kier molecular flexibility index (Phi) is 7.00. The zero-order valence-electron chi connectivity index (χ0n) is 24.8. The van der Waals surface area contributed by atoms with E-state index in [1.807, 2.05) is 35.7 Å². The van der Waals surface area contributed by atoms with Crippen LogP contribution in [0.4, 0.5) is 0 Å². The summed E-state index contributed by atoms with van der Waals surface area (Å²) in [4.78, 5) is 28.1. The van der Waals surface area contributed by atoms with Crippen LogP contribution in [0.2, 0.25) is 0 Å². The van der Waals surface area contributed by atoms with Gasteiger partial charge in [-0.15, -0.1) is 5.10 Å². The van der Waals surface area contributed by atoms with Crippen molar-refractivity contribution in [2.24, 2.45) is 7.05 Å². The second-order valence-electron chi connectivity index (χ2n) is 12.2. The number of hydrogen-bond donors (Lipinski definition) is 1. The smallest absolute Gasteiger partial charge is 0.304 e. The first-order valence-corrected chi connectivity index (χ1v) is 15.4. The van der Waals surface area contributed by atoms with Crippen LogP contribution in [0.1, 0.15) is 81.8 Å². The predicted molar refractivity (Wildman–Crippen MR) is 166 cm³/mol. The third kappa shape index (κ3) is 4.88. The molecule has 1 N–H and O–H groups in total. The Balaban J connectivity index is 1.33. The van der Waals surface area contributed by atoms with Gasteiger partial charge in [-0.1, -0.05) is 48.4 Å². The highest BCUT2D eigenvalue weighted by molar-refractivity contribution is 6.07. The Labute approximate surface area is 250 Å². The molecule has 0 saturated carbocycles. The maximum absolute atomic E-state index is 14.0. The molecule has 0 saturated heterocycles. The third-order valence-corrected chi connectivity index (χ3v) is 9.59. The molecule has 5 aromatic rings. The van der Waals surface area contributed by atoms with Crippen molar-refractivity contribution in [1.29, 1.82) is 0 Å². The summed E-state index contributed by atoms with van der Waals surface area (Å²) in [6.07, 6.45) is 8.11. The van der Waals surface area contributed by atoms with Crippen molar-refractivity contribution < 1.29 is 14.7 Å². The summed E-state index contributed by atoms with van der Waals surface area (Å²) in [7, 11) is 2.02. The van der Waals surface area contributed by atoms with Crippen molar-refractivity contribution in [3.8, 4) is 0 Å². The van der Waals surface area contributed by atoms with E-state index in [4.69, 9.17) is 0 Å². The van der Waals surface area contributed by atoms with Gasteiger partial charge < -0.3 is 14.6 Å². The monoisotopic (exact) mass is 575 g/mol. The summed E-state index contributed by atoms with van der Waals surface area (Å²) in [6, 6.07) is 16.7. The van der Waals surface area contributed by atoms with Crippen molar-refractivity contribution in [3.63, 3.8) is 0 Å². The fourth-order valence-corrected chi connectivity index (χ4v) is 7.24. The maximum atomic E-state index is 14.0. The molecule has 8 nitrogen and oxygen atoms in total. The van der Waals surface area contributed by atoms with Gasteiger partial charge in [0.25, 0.3) is 5.91 Å². The van der Waals surface area contributed by atoms with Crippen LogP contribution >= 0.6 is 0 Å². The molecule has 9 bridgehead atoms. The lowest BCUT2D eigenvalue weighted by Crippen LogP contribution is -2.36. The Morgan fingerprint density at radius 2 is 1.79 bits per heavy atom. The van der Waals surface area contributed by atoms with Crippen LogP contribution in [0.3, 0.4) is 0 Å². The largest absolute Gasteiger partial charge is 0.481 e. The maximum Gasteiger partial charge on any atom is 0.304 e. The minimum Gasteiger partial charge on any atom is -0.481 e. The fraction of sp³-hybridized carbons (Fsp3) is 0.371. The van der Waals surface area contributed by atoms with E-state index in [-0.39, 0.29) is 18.2 Å². The number of nitrogens with zero attached hydrogens (tertiary/aromatic N) is 5. The van der Waals surface area contributed by atoms with E-state index < -0.39 is 5.97 Å². The highest BCUT2D eigenvalue weighted by Crippen LogP contribution is 2.36. The Bertz CT molecular complexity index is 1880. The molecular formula is C35H37N5O3. The SMILES string of the molecule is Cc1c2ccc3c1nnn3CCCCCCc1ccc(c3c1ccn3C)C(=O)N1CCc3ccc(cc3C1)[C@@H]2CC(=O)O. The molecule has 1 atom stereocenters.